The van der Waals surface area contributed by atoms with E-state index in [-0.39, 0.29) is 37.3 Å². The molecule has 11 atom stereocenters. The Bertz CT molecular complexity index is 583. The Morgan fingerprint density at radius 3 is 1.48 bits per heavy atom. The molecule has 0 amide bonds. The highest BCUT2D eigenvalue weighted by molar-refractivity contribution is 5.19. The fraction of sp³-hybridized carbons (Fsp3) is 1.00. The van der Waals surface area contributed by atoms with E-state index in [1.807, 2.05) is 14.2 Å². The summed E-state index contributed by atoms with van der Waals surface area (Å²) in [7, 11) is 3.71. The van der Waals surface area contributed by atoms with Gasteiger partial charge in [-0.1, -0.05) is 40.5 Å². The van der Waals surface area contributed by atoms with Gasteiger partial charge in [-0.05, 0) is 90.3 Å². The first kappa shape index (κ1) is 24.0. The van der Waals surface area contributed by atoms with Gasteiger partial charge in [0.05, 0.1) is 12.2 Å². The molecule has 0 aromatic rings. The molecule has 0 saturated heterocycles. The Labute approximate surface area is 190 Å². The van der Waals surface area contributed by atoms with Gasteiger partial charge >= 0.3 is 0 Å². The summed E-state index contributed by atoms with van der Waals surface area (Å²) < 4.78 is 11.9. The summed E-state index contributed by atoms with van der Waals surface area (Å²) in [4.78, 5) is 0. The number of rotatable bonds is 6. The zero-order valence-corrected chi connectivity index (χ0v) is 20.9. The molecule has 11 unspecified atom stereocenters. The highest BCUT2D eigenvalue weighted by Gasteiger charge is 2.70. The standard InChI is InChI=1S/C27H48O4/c1-7-25(3)15-27(21-10-18(14-29)17(13-28)9-19(21)25)16-26(4,8-2)20-11-23(30-5)24(31-6)12-22(20)27/h17-24,28-29H,7-16H2,1-6H3. The van der Waals surface area contributed by atoms with Crippen LogP contribution in [0.3, 0.4) is 0 Å². The molecule has 0 aromatic heterocycles. The van der Waals surface area contributed by atoms with Crippen molar-refractivity contribution in [1.82, 2.24) is 0 Å². The van der Waals surface area contributed by atoms with Crippen molar-refractivity contribution in [1.29, 1.82) is 0 Å². The van der Waals surface area contributed by atoms with E-state index in [1.54, 1.807) is 0 Å². The fourth-order valence-corrected chi connectivity index (χ4v) is 9.65. The van der Waals surface area contributed by atoms with Crippen molar-refractivity contribution in [2.45, 2.75) is 91.3 Å². The van der Waals surface area contributed by atoms with Crippen LogP contribution in [0.2, 0.25) is 0 Å². The van der Waals surface area contributed by atoms with Gasteiger partial charge in [-0.3, -0.25) is 0 Å². The third-order valence-corrected chi connectivity index (χ3v) is 11.6. The van der Waals surface area contributed by atoms with E-state index >= 15 is 0 Å². The van der Waals surface area contributed by atoms with E-state index in [0.717, 1.165) is 25.7 Å². The van der Waals surface area contributed by atoms with Gasteiger partial charge in [0, 0.05) is 27.4 Å². The predicted octanol–water partition coefficient (Wildman–Crippen LogP) is 4.91. The van der Waals surface area contributed by atoms with Crippen molar-refractivity contribution in [2.75, 3.05) is 27.4 Å². The van der Waals surface area contributed by atoms with Crippen LogP contribution in [0.25, 0.3) is 0 Å². The molecule has 0 radical (unpaired) electrons. The SMILES string of the molecule is CCC1(C)CC2(CC(C)(CC)C3CC(OC)C(OC)CC32)C2CC(CO)C(CO)CC21. The monoisotopic (exact) mass is 436 g/mol. The second-order valence-electron chi connectivity index (χ2n) is 12.4. The van der Waals surface area contributed by atoms with E-state index in [0.29, 0.717) is 39.9 Å². The van der Waals surface area contributed by atoms with Crippen LogP contribution in [-0.2, 0) is 9.47 Å². The van der Waals surface area contributed by atoms with Gasteiger partial charge in [0.1, 0.15) is 0 Å². The maximum absolute atomic E-state index is 10.2. The third kappa shape index (κ3) is 3.45. The molecule has 4 heteroatoms. The second-order valence-corrected chi connectivity index (χ2v) is 12.4. The number of hydrogen-bond acceptors (Lipinski definition) is 4. The fourth-order valence-electron chi connectivity index (χ4n) is 9.65. The topological polar surface area (TPSA) is 58.9 Å². The predicted molar refractivity (Wildman–Crippen MR) is 124 cm³/mol. The van der Waals surface area contributed by atoms with Gasteiger partial charge in [0.25, 0.3) is 0 Å². The van der Waals surface area contributed by atoms with Gasteiger partial charge in [-0.25, -0.2) is 0 Å². The van der Waals surface area contributed by atoms with E-state index in [4.69, 9.17) is 9.47 Å². The molecular formula is C27H48O4. The quantitative estimate of drug-likeness (QED) is 0.621. The van der Waals surface area contributed by atoms with Crippen LogP contribution in [0.15, 0.2) is 0 Å². The zero-order chi connectivity index (χ0) is 22.6. The normalized spacial score (nSPS) is 54.2. The van der Waals surface area contributed by atoms with Crippen LogP contribution in [0, 0.1) is 51.8 Å². The van der Waals surface area contributed by atoms with E-state index < -0.39 is 0 Å². The molecular weight excluding hydrogens is 388 g/mol. The van der Waals surface area contributed by atoms with Crippen LogP contribution < -0.4 is 0 Å². The molecule has 4 aliphatic rings. The Morgan fingerprint density at radius 2 is 1.06 bits per heavy atom. The van der Waals surface area contributed by atoms with E-state index in [9.17, 15) is 10.2 Å². The van der Waals surface area contributed by atoms with Crippen molar-refractivity contribution in [3.63, 3.8) is 0 Å². The molecule has 0 heterocycles. The van der Waals surface area contributed by atoms with Crippen molar-refractivity contribution in [2.24, 2.45) is 51.8 Å². The number of aliphatic hydroxyl groups is 2. The molecule has 31 heavy (non-hydrogen) atoms. The molecule has 1 spiro atoms. The summed E-state index contributed by atoms with van der Waals surface area (Å²) in [6.45, 7) is 10.3. The number of fused-ring (bicyclic) bond motifs is 4. The van der Waals surface area contributed by atoms with Gasteiger partial charge in [-0.15, -0.1) is 0 Å². The molecule has 4 fully saturated rings. The molecule has 180 valence electrons. The Balaban J connectivity index is 1.77. The van der Waals surface area contributed by atoms with Crippen molar-refractivity contribution in [3.8, 4) is 0 Å². The minimum Gasteiger partial charge on any atom is -0.396 e. The summed E-state index contributed by atoms with van der Waals surface area (Å²) in [6, 6.07) is 0. The van der Waals surface area contributed by atoms with E-state index in [1.165, 1.54) is 25.7 Å². The molecule has 0 aliphatic heterocycles. The minimum atomic E-state index is 0.191. The summed E-state index contributed by atoms with van der Waals surface area (Å²) >= 11 is 0. The molecule has 4 saturated carbocycles. The molecule has 2 N–H and O–H groups in total. The minimum absolute atomic E-state index is 0.191. The first-order valence-corrected chi connectivity index (χ1v) is 13.0. The highest BCUT2D eigenvalue weighted by Crippen LogP contribution is 2.76. The summed E-state index contributed by atoms with van der Waals surface area (Å²) in [6.07, 6.45) is 9.89. The maximum atomic E-state index is 10.2. The van der Waals surface area contributed by atoms with Crippen LogP contribution in [0.1, 0.15) is 79.1 Å². The number of ether oxygens (including phenoxy) is 2. The van der Waals surface area contributed by atoms with Gasteiger partial charge < -0.3 is 19.7 Å². The van der Waals surface area contributed by atoms with Crippen LogP contribution in [-0.4, -0.2) is 49.9 Å². The zero-order valence-electron chi connectivity index (χ0n) is 20.9. The van der Waals surface area contributed by atoms with Crippen LogP contribution in [0.4, 0.5) is 0 Å². The number of hydrogen-bond donors (Lipinski definition) is 2. The highest BCUT2D eigenvalue weighted by atomic mass is 16.5. The first-order chi connectivity index (χ1) is 14.8. The summed E-state index contributed by atoms with van der Waals surface area (Å²) in [5, 5.41) is 20.3. The number of methoxy groups -OCH3 is 2. The van der Waals surface area contributed by atoms with E-state index in [2.05, 4.69) is 27.7 Å². The average molecular weight is 437 g/mol. The average Bonchev–Trinajstić information content (AvgIpc) is 3.19. The first-order valence-electron chi connectivity index (χ1n) is 13.0. The van der Waals surface area contributed by atoms with Crippen LogP contribution >= 0.6 is 0 Å². The lowest BCUT2D eigenvalue weighted by atomic mass is 9.57. The lowest BCUT2D eigenvalue weighted by molar-refractivity contribution is -0.111. The molecule has 4 aliphatic carbocycles. The van der Waals surface area contributed by atoms with Crippen molar-refractivity contribution in [3.05, 3.63) is 0 Å². The summed E-state index contributed by atoms with van der Waals surface area (Å²) in [5.74, 6) is 3.21. The molecule has 4 nitrogen and oxygen atoms in total. The summed E-state index contributed by atoms with van der Waals surface area (Å²) in [5.41, 5.74) is 1.03. The smallest absolute Gasteiger partial charge is 0.0835 e. The van der Waals surface area contributed by atoms with Crippen molar-refractivity contribution < 1.29 is 19.7 Å². The molecule has 0 aromatic carbocycles. The largest absolute Gasteiger partial charge is 0.396 e. The molecule has 4 rings (SSSR count). The lowest BCUT2D eigenvalue weighted by Crippen LogP contribution is -2.47. The third-order valence-electron chi connectivity index (χ3n) is 11.6. The number of aliphatic hydroxyl groups excluding tert-OH is 2. The van der Waals surface area contributed by atoms with Gasteiger partial charge in [0.2, 0.25) is 0 Å². The maximum Gasteiger partial charge on any atom is 0.0835 e. The second kappa shape index (κ2) is 8.56. The van der Waals surface area contributed by atoms with Crippen molar-refractivity contribution >= 4 is 0 Å². The van der Waals surface area contributed by atoms with Crippen LogP contribution in [0.5, 0.6) is 0 Å². The van der Waals surface area contributed by atoms with Gasteiger partial charge in [-0.2, -0.15) is 0 Å². The lowest BCUT2D eigenvalue weighted by Gasteiger charge is -2.49. The Morgan fingerprint density at radius 1 is 0.677 bits per heavy atom. The molecule has 0 bridgehead atoms. The van der Waals surface area contributed by atoms with Gasteiger partial charge in [0.15, 0.2) is 0 Å². The Kier molecular flexibility index (Phi) is 6.62. The Hall–Kier alpha value is -0.160.